The molecule has 0 N–H and O–H groups in total. The van der Waals surface area contributed by atoms with Crippen LogP contribution in [-0.2, 0) is 19.6 Å². The molecule has 0 bridgehead atoms. The zero-order valence-corrected chi connectivity index (χ0v) is 12.6. The van der Waals surface area contributed by atoms with Gasteiger partial charge in [0, 0.05) is 64.1 Å². The smallest absolute Gasteiger partial charge is 0.122 e. The highest BCUT2D eigenvalue weighted by atomic mass is 15.3. The van der Waals surface area contributed by atoms with Gasteiger partial charge in [-0.15, -0.1) is 0 Å². The summed E-state index contributed by atoms with van der Waals surface area (Å²) >= 11 is 0. The number of aryl methyl sites for hydroxylation is 1. The van der Waals surface area contributed by atoms with Gasteiger partial charge < -0.3 is 4.57 Å². The average molecular weight is 285 g/mol. The molecule has 2 aromatic rings. The van der Waals surface area contributed by atoms with Crippen LogP contribution in [0.3, 0.4) is 0 Å². The molecule has 5 heteroatoms. The molecule has 5 nitrogen and oxygen atoms in total. The first-order valence-electron chi connectivity index (χ1n) is 7.69. The molecule has 0 aromatic carbocycles. The molecular formula is C16H23N5. The Balaban J connectivity index is 1.49. The monoisotopic (exact) mass is 285 g/mol. The quantitative estimate of drug-likeness (QED) is 0.836. The summed E-state index contributed by atoms with van der Waals surface area (Å²) in [6, 6.07) is 4.16. The van der Waals surface area contributed by atoms with Crippen LogP contribution in [-0.4, -0.2) is 50.5 Å². The average Bonchev–Trinajstić information content (AvgIpc) is 2.97. The number of pyridine rings is 1. The van der Waals surface area contributed by atoms with Crippen LogP contribution in [0.4, 0.5) is 0 Å². The van der Waals surface area contributed by atoms with E-state index < -0.39 is 0 Å². The molecule has 2 aromatic heterocycles. The van der Waals surface area contributed by atoms with Crippen molar-refractivity contribution < 1.29 is 0 Å². The van der Waals surface area contributed by atoms with Crippen LogP contribution in [0.5, 0.6) is 0 Å². The third-order valence-electron chi connectivity index (χ3n) is 4.10. The second-order valence-electron chi connectivity index (χ2n) is 5.54. The number of aromatic nitrogens is 3. The van der Waals surface area contributed by atoms with E-state index in [2.05, 4.69) is 43.5 Å². The Hall–Kier alpha value is -1.72. The van der Waals surface area contributed by atoms with Crippen molar-refractivity contribution in [3.8, 4) is 0 Å². The molecule has 0 saturated carbocycles. The van der Waals surface area contributed by atoms with Crippen molar-refractivity contribution in [2.45, 2.75) is 26.6 Å². The van der Waals surface area contributed by atoms with Crippen LogP contribution in [0.15, 0.2) is 36.9 Å². The van der Waals surface area contributed by atoms with Crippen LogP contribution in [0.25, 0.3) is 0 Å². The minimum Gasteiger partial charge on any atom is -0.334 e. The van der Waals surface area contributed by atoms with Gasteiger partial charge in [0.15, 0.2) is 0 Å². The van der Waals surface area contributed by atoms with E-state index in [0.29, 0.717) is 0 Å². The molecule has 1 fully saturated rings. The van der Waals surface area contributed by atoms with Gasteiger partial charge in [-0.1, -0.05) is 6.07 Å². The fraction of sp³-hybridized carbons (Fsp3) is 0.500. The van der Waals surface area contributed by atoms with E-state index in [-0.39, 0.29) is 0 Å². The first-order chi connectivity index (χ1) is 10.3. The van der Waals surface area contributed by atoms with Crippen molar-refractivity contribution in [3.63, 3.8) is 0 Å². The van der Waals surface area contributed by atoms with E-state index in [1.54, 1.807) is 0 Å². The van der Waals surface area contributed by atoms with E-state index >= 15 is 0 Å². The SMILES string of the molecule is CCn1ccnc1CN1CCN(Cc2cccnc2)CC1. The maximum Gasteiger partial charge on any atom is 0.122 e. The predicted octanol–water partition coefficient (Wildman–Crippen LogP) is 1.62. The Morgan fingerprint density at radius 3 is 2.48 bits per heavy atom. The molecule has 21 heavy (non-hydrogen) atoms. The van der Waals surface area contributed by atoms with Crippen LogP contribution in [0, 0.1) is 0 Å². The number of piperazine rings is 1. The van der Waals surface area contributed by atoms with E-state index in [1.165, 1.54) is 11.4 Å². The van der Waals surface area contributed by atoms with Gasteiger partial charge in [-0.25, -0.2) is 4.98 Å². The zero-order valence-electron chi connectivity index (χ0n) is 12.6. The Morgan fingerprint density at radius 2 is 1.81 bits per heavy atom. The molecule has 1 aliphatic heterocycles. The first kappa shape index (κ1) is 14.2. The molecule has 0 aliphatic carbocycles. The van der Waals surface area contributed by atoms with Gasteiger partial charge >= 0.3 is 0 Å². The van der Waals surface area contributed by atoms with Gasteiger partial charge in [-0.2, -0.15) is 0 Å². The first-order valence-corrected chi connectivity index (χ1v) is 7.69. The van der Waals surface area contributed by atoms with Crippen LogP contribution in [0.2, 0.25) is 0 Å². The molecule has 3 rings (SSSR count). The number of nitrogens with zero attached hydrogens (tertiary/aromatic N) is 5. The van der Waals surface area contributed by atoms with E-state index in [1.807, 2.05) is 24.7 Å². The number of hydrogen-bond donors (Lipinski definition) is 0. The summed E-state index contributed by atoms with van der Waals surface area (Å²) in [5, 5.41) is 0. The van der Waals surface area contributed by atoms with Crippen molar-refractivity contribution in [2.24, 2.45) is 0 Å². The Kier molecular flexibility index (Phi) is 4.62. The van der Waals surface area contributed by atoms with Gasteiger partial charge in [0.2, 0.25) is 0 Å². The summed E-state index contributed by atoms with van der Waals surface area (Å²) in [6.07, 6.45) is 7.76. The van der Waals surface area contributed by atoms with Gasteiger partial charge in [-0.3, -0.25) is 14.8 Å². The Labute approximate surface area is 126 Å². The van der Waals surface area contributed by atoms with Crippen molar-refractivity contribution in [3.05, 3.63) is 48.3 Å². The summed E-state index contributed by atoms with van der Waals surface area (Å²) in [6.45, 7) is 9.57. The van der Waals surface area contributed by atoms with Gasteiger partial charge in [0.1, 0.15) is 5.82 Å². The summed E-state index contributed by atoms with van der Waals surface area (Å²) in [5.41, 5.74) is 1.30. The highest BCUT2D eigenvalue weighted by molar-refractivity contribution is 5.08. The molecule has 3 heterocycles. The molecule has 0 amide bonds. The normalized spacial score (nSPS) is 17.2. The Bertz CT molecular complexity index is 543. The molecule has 1 aliphatic rings. The van der Waals surface area contributed by atoms with Crippen molar-refractivity contribution in [2.75, 3.05) is 26.2 Å². The lowest BCUT2D eigenvalue weighted by molar-refractivity contribution is 0.119. The molecule has 1 saturated heterocycles. The fourth-order valence-electron chi connectivity index (χ4n) is 2.83. The summed E-state index contributed by atoms with van der Waals surface area (Å²) in [4.78, 5) is 13.6. The second-order valence-corrected chi connectivity index (χ2v) is 5.54. The molecule has 0 atom stereocenters. The van der Waals surface area contributed by atoms with Crippen LogP contribution in [0.1, 0.15) is 18.3 Å². The third-order valence-corrected chi connectivity index (χ3v) is 4.10. The molecule has 112 valence electrons. The summed E-state index contributed by atoms with van der Waals surface area (Å²) in [5.74, 6) is 1.18. The lowest BCUT2D eigenvalue weighted by Gasteiger charge is -2.34. The molecular weight excluding hydrogens is 262 g/mol. The van der Waals surface area contributed by atoms with Crippen molar-refractivity contribution >= 4 is 0 Å². The topological polar surface area (TPSA) is 37.2 Å². The number of rotatable bonds is 5. The van der Waals surface area contributed by atoms with Crippen LogP contribution >= 0.6 is 0 Å². The standard InChI is InChI=1S/C16H23N5/c1-2-21-7-6-18-16(21)14-20-10-8-19(9-11-20)13-15-4-3-5-17-12-15/h3-7,12H,2,8-11,13-14H2,1H3. The van der Waals surface area contributed by atoms with E-state index in [0.717, 1.165) is 45.8 Å². The van der Waals surface area contributed by atoms with Gasteiger partial charge in [0.25, 0.3) is 0 Å². The maximum absolute atomic E-state index is 4.47. The largest absolute Gasteiger partial charge is 0.334 e. The summed E-state index contributed by atoms with van der Waals surface area (Å²) in [7, 11) is 0. The Morgan fingerprint density at radius 1 is 1.05 bits per heavy atom. The highest BCUT2D eigenvalue weighted by Gasteiger charge is 2.18. The lowest BCUT2D eigenvalue weighted by atomic mass is 10.2. The van der Waals surface area contributed by atoms with Crippen molar-refractivity contribution in [1.29, 1.82) is 0 Å². The van der Waals surface area contributed by atoms with E-state index in [9.17, 15) is 0 Å². The van der Waals surface area contributed by atoms with Gasteiger partial charge in [-0.05, 0) is 18.6 Å². The maximum atomic E-state index is 4.47. The predicted molar refractivity (Wildman–Crippen MR) is 82.7 cm³/mol. The second kappa shape index (κ2) is 6.83. The zero-order chi connectivity index (χ0) is 14.5. The minimum atomic E-state index is 0.960. The van der Waals surface area contributed by atoms with E-state index in [4.69, 9.17) is 0 Å². The lowest BCUT2D eigenvalue weighted by Crippen LogP contribution is -2.45. The molecule has 0 unspecified atom stereocenters. The third kappa shape index (κ3) is 3.68. The molecule has 0 spiro atoms. The summed E-state index contributed by atoms with van der Waals surface area (Å²) < 4.78 is 2.22. The number of hydrogen-bond acceptors (Lipinski definition) is 4. The van der Waals surface area contributed by atoms with Crippen LogP contribution < -0.4 is 0 Å². The molecule has 0 radical (unpaired) electrons. The number of imidazole rings is 1. The fourth-order valence-corrected chi connectivity index (χ4v) is 2.83. The highest BCUT2D eigenvalue weighted by Crippen LogP contribution is 2.10. The van der Waals surface area contributed by atoms with Crippen molar-refractivity contribution in [1.82, 2.24) is 24.3 Å². The minimum absolute atomic E-state index is 0.960. The van der Waals surface area contributed by atoms with Gasteiger partial charge in [0.05, 0.1) is 6.54 Å².